The van der Waals surface area contributed by atoms with Crippen LogP contribution in [0.1, 0.15) is 6.42 Å². The van der Waals surface area contributed by atoms with Gasteiger partial charge < -0.3 is 29.5 Å². The molecule has 0 spiro atoms. The van der Waals surface area contributed by atoms with E-state index in [1.807, 2.05) is 0 Å². The minimum absolute atomic E-state index is 0.00320. The Balaban J connectivity index is 2.41. The fourth-order valence-electron chi connectivity index (χ4n) is 1.71. The topological polar surface area (TPSA) is 123 Å². The average molecular weight is 304 g/mol. The van der Waals surface area contributed by atoms with E-state index in [9.17, 15) is 19.8 Å². The second-order valence-electron chi connectivity index (χ2n) is 4.54. The van der Waals surface area contributed by atoms with Crippen LogP contribution in [0.5, 0.6) is 0 Å². The summed E-state index contributed by atoms with van der Waals surface area (Å²) in [6.07, 6.45) is -2.73. The molecular formula is C13H20O8. The number of ketones is 1. The van der Waals surface area contributed by atoms with Crippen LogP contribution in [0.2, 0.25) is 0 Å². The van der Waals surface area contributed by atoms with Crippen LogP contribution in [0.25, 0.3) is 0 Å². The second-order valence-corrected chi connectivity index (χ2v) is 4.54. The molecule has 1 heterocycles. The molecule has 21 heavy (non-hydrogen) atoms. The Morgan fingerprint density at radius 3 is 2.67 bits per heavy atom. The van der Waals surface area contributed by atoms with E-state index in [1.165, 1.54) is 0 Å². The van der Waals surface area contributed by atoms with E-state index >= 15 is 0 Å². The molecule has 4 atom stereocenters. The van der Waals surface area contributed by atoms with Crippen LogP contribution >= 0.6 is 0 Å². The summed E-state index contributed by atoms with van der Waals surface area (Å²) in [6.45, 7) is 2.97. The first kappa shape index (κ1) is 17.7. The van der Waals surface area contributed by atoms with Crippen LogP contribution < -0.4 is 0 Å². The van der Waals surface area contributed by atoms with Gasteiger partial charge in [-0.25, -0.2) is 4.79 Å². The molecule has 0 amide bonds. The molecule has 0 bridgehead atoms. The summed E-state index contributed by atoms with van der Waals surface area (Å²) in [4.78, 5) is 22.7. The molecule has 1 rings (SSSR count). The normalized spacial score (nSPS) is 24.7. The van der Waals surface area contributed by atoms with E-state index in [2.05, 4.69) is 11.3 Å². The molecule has 1 aliphatic rings. The van der Waals surface area contributed by atoms with Crippen molar-refractivity contribution in [3.05, 3.63) is 12.7 Å². The predicted molar refractivity (Wildman–Crippen MR) is 69.4 cm³/mol. The van der Waals surface area contributed by atoms with Crippen molar-refractivity contribution in [3.8, 4) is 0 Å². The smallest absolute Gasteiger partial charge is 0.378 e. The maximum Gasteiger partial charge on any atom is 0.378 e. The maximum atomic E-state index is 11.5. The number of Topliss-reactive ketones (excluding diaryl/α,β-unsaturated/α-hetero) is 1. The van der Waals surface area contributed by atoms with Crippen molar-refractivity contribution in [2.24, 2.45) is 0 Å². The van der Waals surface area contributed by atoms with E-state index in [0.717, 1.165) is 0 Å². The van der Waals surface area contributed by atoms with Crippen molar-refractivity contribution in [3.63, 3.8) is 0 Å². The lowest BCUT2D eigenvalue weighted by Crippen LogP contribution is -2.42. The van der Waals surface area contributed by atoms with Crippen LogP contribution in [-0.2, 0) is 23.8 Å². The number of carbonyl (C=O) groups is 2. The van der Waals surface area contributed by atoms with Gasteiger partial charge in [0.2, 0.25) is 0 Å². The largest absolute Gasteiger partial charge is 0.450 e. The summed E-state index contributed by atoms with van der Waals surface area (Å²) in [5.41, 5.74) is 0. The quantitative estimate of drug-likeness (QED) is 0.186. The first-order valence-corrected chi connectivity index (χ1v) is 6.53. The third-order valence-electron chi connectivity index (χ3n) is 2.81. The third kappa shape index (κ3) is 5.18. The number of aliphatic hydroxyl groups excluding tert-OH is 3. The zero-order valence-corrected chi connectivity index (χ0v) is 11.5. The van der Waals surface area contributed by atoms with E-state index < -0.39 is 42.8 Å². The van der Waals surface area contributed by atoms with E-state index in [4.69, 9.17) is 14.6 Å². The monoisotopic (exact) mass is 304 g/mol. The summed E-state index contributed by atoms with van der Waals surface area (Å²) >= 11 is 0. The lowest BCUT2D eigenvalue weighted by atomic mass is 10.1. The summed E-state index contributed by atoms with van der Waals surface area (Å²) < 4.78 is 14.9. The van der Waals surface area contributed by atoms with Gasteiger partial charge in [0.1, 0.15) is 12.2 Å². The van der Waals surface area contributed by atoms with E-state index in [1.54, 1.807) is 6.08 Å². The molecule has 8 nitrogen and oxygen atoms in total. The van der Waals surface area contributed by atoms with E-state index in [0.29, 0.717) is 13.0 Å². The fourth-order valence-corrected chi connectivity index (χ4v) is 1.71. The standard InChI is InChI=1S/C13H20O8/c1-2-3-4-19-6-8(15)7-20-12-10(17)13(18)21-11(12)9(16)5-14/h2,8-9,11-12,14-16H,1,3-7H2/t8?,9-,11+,12?/m0/s1. The molecule has 1 saturated heterocycles. The van der Waals surface area contributed by atoms with Crippen LogP contribution in [0.15, 0.2) is 12.7 Å². The Bertz CT molecular complexity index is 369. The van der Waals surface area contributed by atoms with Crippen molar-refractivity contribution >= 4 is 11.8 Å². The fraction of sp³-hybridized carbons (Fsp3) is 0.692. The Morgan fingerprint density at radius 1 is 1.33 bits per heavy atom. The molecule has 2 unspecified atom stereocenters. The number of carbonyl (C=O) groups excluding carboxylic acids is 2. The van der Waals surface area contributed by atoms with Crippen LogP contribution in [-0.4, -0.2) is 77.9 Å². The minimum atomic E-state index is -1.42. The van der Waals surface area contributed by atoms with Gasteiger partial charge in [0.05, 0.1) is 26.4 Å². The highest BCUT2D eigenvalue weighted by Gasteiger charge is 2.48. The van der Waals surface area contributed by atoms with Crippen molar-refractivity contribution in [1.29, 1.82) is 0 Å². The SMILES string of the molecule is C=CCCOCC(O)COC1C(=O)C(=O)O[C@@H]1[C@@H](O)CO. The molecule has 0 aliphatic carbocycles. The number of cyclic esters (lactones) is 1. The number of ether oxygens (including phenoxy) is 3. The van der Waals surface area contributed by atoms with Gasteiger partial charge in [-0.15, -0.1) is 6.58 Å². The predicted octanol–water partition coefficient (Wildman–Crippen LogP) is -1.83. The molecule has 8 heteroatoms. The highest BCUT2D eigenvalue weighted by atomic mass is 16.6. The average Bonchev–Trinajstić information content (AvgIpc) is 2.76. The number of hydrogen-bond donors (Lipinski definition) is 3. The van der Waals surface area contributed by atoms with Gasteiger partial charge in [-0.1, -0.05) is 6.08 Å². The molecule has 0 aromatic carbocycles. The van der Waals surface area contributed by atoms with Crippen molar-refractivity contribution < 1.29 is 39.1 Å². The summed E-state index contributed by atoms with van der Waals surface area (Å²) in [6, 6.07) is 0. The zero-order valence-electron chi connectivity index (χ0n) is 11.5. The van der Waals surface area contributed by atoms with Crippen molar-refractivity contribution in [2.75, 3.05) is 26.4 Å². The Hall–Kier alpha value is -1.32. The number of rotatable bonds is 10. The number of hydrogen-bond acceptors (Lipinski definition) is 8. The highest BCUT2D eigenvalue weighted by molar-refractivity contribution is 6.37. The molecule has 0 radical (unpaired) electrons. The molecule has 0 aromatic heterocycles. The summed E-state index contributed by atoms with van der Waals surface area (Å²) in [7, 11) is 0. The Labute approximate surface area is 121 Å². The molecule has 0 aromatic rings. The van der Waals surface area contributed by atoms with Crippen LogP contribution in [0.3, 0.4) is 0 Å². The minimum Gasteiger partial charge on any atom is -0.450 e. The van der Waals surface area contributed by atoms with Gasteiger partial charge in [0.25, 0.3) is 5.78 Å². The molecule has 3 N–H and O–H groups in total. The molecule has 1 fully saturated rings. The first-order chi connectivity index (χ1) is 10.0. The van der Waals surface area contributed by atoms with Gasteiger partial charge in [0, 0.05) is 0 Å². The Morgan fingerprint density at radius 2 is 2.05 bits per heavy atom. The van der Waals surface area contributed by atoms with Crippen molar-refractivity contribution in [1.82, 2.24) is 0 Å². The lowest BCUT2D eigenvalue weighted by molar-refractivity contribution is -0.152. The van der Waals surface area contributed by atoms with Gasteiger partial charge in [-0.2, -0.15) is 0 Å². The Kier molecular flexibility index (Phi) is 7.48. The number of aliphatic hydroxyl groups is 3. The van der Waals surface area contributed by atoms with Crippen LogP contribution in [0.4, 0.5) is 0 Å². The first-order valence-electron chi connectivity index (χ1n) is 6.53. The number of esters is 1. The van der Waals surface area contributed by atoms with Gasteiger partial charge in [-0.3, -0.25) is 4.79 Å². The summed E-state index contributed by atoms with van der Waals surface area (Å²) in [5.74, 6) is -2.08. The second kappa shape index (κ2) is 8.85. The summed E-state index contributed by atoms with van der Waals surface area (Å²) in [5, 5.41) is 27.9. The zero-order chi connectivity index (χ0) is 15.8. The molecular weight excluding hydrogens is 284 g/mol. The third-order valence-corrected chi connectivity index (χ3v) is 2.81. The van der Waals surface area contributed by atoms with Gasteiger partial charge in [0.15, 0.2) is 12.2 Å². The van der Waals surface area contributed by atoms with E-state index in [-0.39, 0.29) is 13.2 Å². The highest BCUT2D eigenvalue weighted by Crippen LogP contribution is 2.19. The van der Waals surface area contributed by atoms with Gasteiger partial charge >= 0.3 is 5.97 Å². The van der Waals surface area contributed by atoms with Crippen LogP contribution in [0, 0.1) is 0 Å². The van der Waals surface area contributed by atoms with Gasteiger partial charge in [-0.05, 0) is 6.42 Å². The molecule has 120 valence electrons. The maximum absolute atomic E-state index is 11.5. The van der Waals surface area contributed by atoms with Crippen molar-refractivity contribution in [2.45, 2.75) is 30.8 Å². The molecule has 0 saturated carbocycles. The molecule has 1 aliphatic heterocycles. The lowest BCUT2D eigenvalue weighted by Gasteiger charge is -2.21.